The molecule has 0 unspecified atom stereocenters. The van der Waals surface area contributed by atoms with E-state index in [0.717, 1.165) is 40.5 Å². The lowest BCUT2D eigenvalue weighted by molar-refractivity contribution is 0.102. The number of ketones is 1. The van der Waals surface area contributed by atoms with Crippen LogP contribution in [0.4, 0.5) is 0 Å². The zero-order chi connectivity index (χ0) is 17.8. The molecule has 4 rings (SSSR count). The summed E-state index contributed by atoms with van der Waals surface area (Å²) < 4.78 is 0. The van der Waals surface area contributed by atoms with E-state index in [1.165, 1.54) is 18.4 Å². The Bertz CT molecular complexity index is 910. The summed E-state index contributed by atoms with van der Waals surface area (Å²) in [6.07, 6.45) is 4.34. The fourth-order valence-corrected chi connectivity index (χ4v) is 4.22. The Morgan fingerprint density at radius 2 is 1.58 bits per heavy atom. The first-order valence-electron chi connectivity index (χ1n) is 8.97. The van der Waals surface area contributed by atoms with Crippen LogP contribution in [-0.4, -0.2) is 21.5 Å². The average molecular weight is 360 g/mol. The summed E-state index contributed by atoms with van der Waals surface area (Å²) in [6, 6.07) is 19.5. The SMILES string of the molecule is O=C(CSc1nc(-c2ccccc2)nc2c1CCCC2)c1ccccc1. The van der Waals surface area contributed by atoms with Crippen LogP contribution in [0.2, 0.25) is 0 Å². The van der Waals surface area contributed by atoms with Crippen LogP contribution in [0.25, 0.3) is 11.4 Å². The molecule has 0 atom stereocenters. The number of fused-ring (bicyclic) bond motifs is 1. The van der Waals surface area contributed by atoms with Crippen LogP contribution in [0.1, 0.15) is 34.5 Å². The Balaban J connectivity index is 1.63. The van der Waals surface area contributed by atoms with Crippen molar-refractivity contribution in [1.82, 2.24) is 9.97 Å². The van der Waals surface area contributed by atoms with Crippen LogP contribution in [0.3, 0.4) is 0 Å². The highest BCUT2D eigenvalue weighted by atomic mass is 32.2. The highest BCUT2D eigenvalue weighted by Gasteiger charge is 2.19. The van der Waals surface area contributed by atoms with Crippen LogP contribution < -0.4 is 0 Å². The Hall–Kier alpha value is -2.46. The smallest absolute Gasteiger partial charge is 0.173 e. The van der Waals surface area contributed by atoms with Crippen molar-refractivity contribution in [3.63, 3.8) is 0 Å². The molecular weight excluding hydrogens is 340 g/mol. The highest BCUT2D eigenvalue weighted by Crippen LogP contribution is 2.31. The van der Waals surface area contributed by atoms with Gasteiger partial charge in [-0.3, -0.25) is 4.79 Å². The number of Topliss-reactive ketones (excluding diaryl/α,β-unsaturated/α-hetero) is 1. The molecule has 1 aromatic heterocycles. The lowest BCUT2D eigenvalue weighted by atomic mass is 9.97. The van der Waals surface area contributed by atoms with Crippen LogP contribution in [-0.2, 0) is 12.8 Å². The van der Waals surface area contributed by atoms with Gasteiger partial charge >= 0.3 is 0 Å². The normalized spacial score (nSPS) is 13.2. The number of benzene rings is 2. The average Bonchev–Trinajstić information content (AvgIpc) is 2.73. The van der Waals surface area contributed by atoms with Gasteiger partial charge in [-0.1, -0.05) is 72.4 Å². The molecule has 0 fully saturated rings. The summed E-state index contributed by atoms with van der Waals surface area (Å²) in [5, 5.41) is 0.970. The largest absolute Gasteiger partial charge is 0.293 e. The fraction of sp³-hybridized carbons (Fsp3) is 0.227. The molecule has 130 valence electrons. The Labute approximate surface area is 157 Å². The maximum atomic E-state index is 12.5. The van der Waals surface area contributed by atoms with Gasteiger partial charge in [0.25, 0.3) is 0 Å². The molecular formula is C22H20N2OS. The third-order valence-electron chi connectivity index (χ3n) is 4.61. The van der Waals surface area contributed by atoms with Crippen molar-refractivity contribution in [2.45, 2.75) is 30.7 Å². The monoisotopic (exact) mass is 360 g/mol. The summed E-state index contributed by atoms with van der Waals surface area (Å²) in [5.74, 6) is 1.31. The number of aryl methyl sites for hydroxylation is 1. The second-order valence-electron chi connectivity index (χ2n) is 6.43. The van der Waals surface area contributed by atoms with Gasteiger partial charge in [0.1, 0.15) is 5.03 Å². The van der Waals surface area contributed by atoms with Crippen molar-refractivity contribution in [3.05, 3.63) is 77.5 Å². The summed E-state index contributed by atoms with van der Waals surface area (Å²) >= 11 is 1.55. The lowest BCUT2D eigenvalue weighted by Crippen LogP contribution is -2.11. The number of hydrogen-bond donors (Lipinski definition) is 0. The number of nitrogens with zero attached hydrogens (tertiary/aromatic N) is 2. The Kier molecular flexibility index (Phi) is 5.12. The molecule has 26 heavy (non-hydrogen) atoms. The van der Waals surface area contributed by atoms with Gasteiger partial charge in [0.05, 0.1) is 5.75 Å². The molecule has 3 aromatic rings. The molecule has 1 aliphatic rings. The van der Waals surface area contributed by atoms with E-state index in [4.69, 9.17) is 9.97 Å². The topological polar surface area (TPSA) is 42.9 Å². The minimum Gasteiger partial charge on any atom is -0.293 e. The molecule has 0 N–H and O–H groups in total. The van der Waals surface area contributed by atoms with E-state index in [1.807, 2.05) is 60.7 Å². The second-order valence-corrected chi connectivity index (χ2v) is 7.39. The highest BCUT2D eigenvalue weighted by molar-refractivity contribution is 8.00. The third kappa shape index (κ3) is 3.70. The molecule has 3 nitrogen and oxygen atoms in total. The minimum atomic E-state index is 0.139. The zero-order valence-electron chi connectivity index (χ0n) is 14.5. The number of rotatable bonds is 5. The summed E-state index contributed by atoms with van der Waals surface area (Å²) in [7, 11) is 0. The predicted octanol–water partition coefficient (Wildman–Crippen LogP) is 5.00. The van der Waals surface area contributed by atoms with Crippen LogP contribution in [0, 0.1) is 0 Å². The van der Waals surface area contributed by atoms with Crippen molar-refractivity contribution in [1.29, 1.82) is 0 Å². The molecule has 0 saturated carbocycles. The first-order valence-corrected chi connectivity index (χ1v) is 9.96. The molecule has 0 amide bonds. The van der Waals surface area contributed by atoms with E-state index < -0.39 is 0 Å². The molecule has 0 radical (unpaired) electrons. The first kappa shape index (κ1) is 17.0. The number of carbonyl (C=O) groups is 1. The maximum Gasteiger partial charge on any atom is 0.173 e. The van der Waals surface area contributed by atoms with Gasteiger partial charge in [-0.2, -0.15) is 0 Å². The standard InChI is InChI=1S/C22H20N2OS/c25-20(16-9-3-1-4-10-16)15-26-22-18-13-7-8-14-19(18)23-21(24-22)17-11-5-2-6-12-17/h1-6,9-12H,7-8,13-15H2. The molecule has 4 heteroatoms. The summed E-state index contributed by atoms with van der Waals surface area (Å²) in [6.45, 7) is 0. The molecule has 2 aromatic carbocycles. The molecule has 0 spiro atoms. The van der Waals surface area contributed by atoms with E-state index >= 15 is 0 Å². The van der Waals surface area contributed by atoms with Crippen molar-refractivity contribution in [2.75, 3.05) is 5.75 Å². The molecule has 0 bridgehead atoms. The number of hydrogen-bond acceptors (Lipinski definition) is 4. The number of carbonyl (C=O) groups excluding carboxylic acids is 1. The summed E-state index contributed by atoms with van der Waals surface area (Å²) in [5.41, 5.74) is 4.17. The second kappa shape index (κ2) is 7.83. The maximum absolute atomic E-state index is 12.5. The lowest BCUT2D eigenvalue weighted by Gasteiger charge is -2.18. The first-order chi connectivity index (χ1) is 12.8. The van der Waals surface area contributed by atoms with Crippen molar-refractivity contribution in [3.8, 4) is 11.4 Å². The molecule has 1 heterocycles. The molecule has 0 saturated heterocycles. The van der Waals surface area contributed by atoms with Gasteiger partial charge in [-0.25, -0.2) is 9.97 Å². The van der Waals surface area contributed by atoms with Crippen molar-refractivity contribution < 1.29 is 4.79 Å². The van der Waals surface area contributed by atoms with Gasteiger partial charge in [-0.05, 0) is 25.7 Å². The molecule has 1 aliphatic carbocycles. The van der Waals surface area contributed by atoms with Crippen molar-refractivity contribution >= 4 is 17.5 Å². The van der Waals surface area contributed by atoms with Gasteiger partial charge in [-0.15, -0.1) is 0 Å². The minimum absolute atomic E-state index is 0.139. The zero-order valence-corrected chi connectivity index (χ0v) is 15.3. The van der Waals surface area contributed by atoms with Gasteiger partial charge in [0, 0.05) is 22.4 Å². The van der Waals surface area contributed by atoms with E-state index in [1.54, 1.807) is 11.8 Å². The van der Waals surface area contributed by atoms with Gasteiger partial charge < -0.3 is 0 Å². The van der Waals surface area contributed by atoms with Crippen LogP contribution in [0.15, 0.2) is 65.7 Å². The molecule has 0 aliphatic heterocycles. The van der Waals surface area contributed by atoms with E-state index in [9.17, 15) is 4.79 Å². The Morgan fingerprint density at radius 1 is 0.885 bits per heavy atom. The Morgan fingerprint density at radius 3 is 2.35 bits per heavy atom. The number of aromatic nitrogens is 2. The van der Waals surface area contributed by atoms with Crippen molar-refractivity contribution in [2.24, 2.45) is 0 Å². The fourth-order valence-electron chi connectivity index (χ4n) is 3.24. The van der Waals surface area contributed by atoms with E-state index in [0.29, 0.717) is 5.75 Å². The summed E-state index contributed by atoms with van der Waals surface area (Å²) in [4.78, 5) is 22.1. The van der Waals surface area contributed by atoms with E-state index in [-0.39, 0.29) is 5.78 Å². The van der Waals surface area contributed by atoms with Crippen LogP contribution in [0.5, 0.6) is 0 Å². The van der Waals surface area contributed by atoms with Gasteiger partial charge in [0.2, 0.25) is 0 Å². The quantitative estimate of drug-likeness (QED) is 0.365. The third-order valence-corrected chi connectivity index (χ3v) is 5.63. The van der Waals surface area contributed by atoms with Crippen LogP contribution >= 0.6 is 11.8 Å². The van der Waals surface area contributed by atoms with Gasteiger partial charge in [0.15, 0.2) is 11.6 Å². The number of thioether (sulfide) groups is 1. The van der Waals surface area contributed by atoms with E-state index in [2.05, 4.69) is 0 Å². The predicted molar refractivity (Wildman–Crippen MR) is 106 cm³/mol.